The van der Waals surface area contributed by atoms with Crippen molar-refractivity contribution in [3.63, 3.8) is 0 Å². The number of halogens is 1. The highest BCUT2D eigenvalue weighted by Crippen LogP contribution is 2.31. The number of benzene rings is 2. The second-order valence-corrected chi connectivity index (χ2v) is 8.90. The summed E-state index contributed by atoms with van der Waals surface area (Å²) in [6, 6.07) is 13.6. The average Bonchev–Trinajstić information content (AvgIpc) is 2.70. The third-order valence-corrected chi connectivity index (χ3v) is 5.14. The van der Waals surface area contributed by atoms with Gasteiger partial charge in [0.2, 0.25) is 0 Å². The van der Waals surface area contributed by atoms with Crippen LogP contribution in [0.3, 0.4) is 0 Å². The molecule has 0 spiro atoms. The van der Waals surface area contributed by atoms with E-state index in [1.807, 2.05) is 0 Å². The Morgan fingerprint density at radius 3 is 1.36 bits per heavy atom. The Balaban J connectivity index is 2.13. The van der Waals surface area contributed by atoms with Crippen LogP contribution in [0.4, 0.5) is 0 Å². The van der Waals surface area contributed by atoms with Crippen molar-refractivity contribution >= 4 is 28.5 Å². The zero-order valence-electron chi connectivity index (χ0n) is 14.4. The molecule has 3 rings (SSSR count). The topological polar surface area (TPSA) is 0 Å². The van der Waals surface area contributed by atoms with Crippen LogP contribution >= 0.6 is 11.5 Å². The van der Waals surface area contributed by atoms with Gasteiger partial charge in [-0.1, -0.05) is 77.9 Å². The van der Waals surface area contributed by atoms with E-state index in [4.69, 9.17) is 11.5 Å². The highest BCUT2D eigenvalue weighted by atomic mass is 35.5. The zero-order chi connectivity index (χ0) is 16.3. The van der Waals surface area contributed by atoms with E-state index in [0.29, 0.717) is 0 Å². The van der Waals surface area contributed by atoms with Gasteiger partial charge in [0.1, 0.15) is 0 Å². The summed E-state index contributed by atoms with van der Waals surface area (Å²) < 4.78 is 0. The van der Waals surface area contributed by atoms with Gasteiger partial charge in [-0.05, 0) is 44.0 Å². The molecule has 0 atom stereocenters. The second kappa shape index (κ2) is 4.90. The summed E-state index contributed by atoms with van der Waals surface area (Å²) in [6.07, 6.45) is -0.0328. The van der Waals surface area contributed by atoms with Crippen molar-refractivity contribution in [3.8, 4) is 11.1 Å². The number of hydrogen-bond acceptors (Lipinski definition) is 0. The van der Waals surface area contributed by atoms with Crippen molar-refractivity contribution in [2.75, 3.05) is 0 Å². The van der Waals surface area contributed by atoms with Crippen LogP contribution < -0.4 is 10.9 Å². The van der Waals surface area contributed by atoms with Crippen LogP contribution in [0.2, 0.25) is 0 Å². The van der Waals surface area contributed by atoms with Crippen molar-refractivity contribution in [1.29, 1.82) is 0 Å². The highest BCUT2D eigenvalue weighted by Gasteiger charge is 2.33. The molecule has 1 aliphatic rings. The van der Waals surface area contributed by atoms with E-state index in [2.05, 4.69) is 77.9 Å². The van der Waals surface area contributed by atoms with Crippen LogP contribution in [0, 0.1) is 0 Å². The van der Waals surface area contributed by atoms with E-state index in [1.165, 1.54) is 33.2 Å². The summed E-state index contributed by atoms with van der Waals surface area (Å²) in [6.45, 7) is 13.5. The minimum atomic E-state index is -0.0328. The van der Waals surface area contributed by atoms with Gasteiger partial charge in [-0.2, -0.15) is 11.5 Å². The molecule has 0 nitrogen and oxygen atoms in total. The molecule has 0 bridgehead atoms. The van der Waals surface area contributed by atoms with Crippen molar-refractivity contribution in [2.24, 2.45) is 0 Å². The molecule has 2 aromatic carbocycles. The van der Waals surface area contributed by atoms with Gasteiger partial charge in [0.15, 0.2) is 0 Å². The molecule has 22 heavy (non-hydrogen) atoms. The SMILES string of the molecule is CC(C)(C)c1ccc2c(c1)B(Cl)c1cc(C(C)(C)C)ccc1-2. The first-order valence-electron chi connectivity index (χ1n) is 8.02. The molecule has 0 saturated heterocycles. The van der Waals surface area contributed by atoms with Crippen LogP contribution in [-0.4, -0.2) is 6.13 Å². The summed E-state index contributed by atoms with van der Waals surface area (Å²) in [7, 11) is 0. The van der Waals surface area contributed by atoms with E-state index in [9.17, 15) is 0 Å². The van der Waals surface area contributed by atoms with E-state index in [-0.39, 0.29) is 17.0 Å². The average molecular weight is 311 g/mol. The Kier molecular flexibility index (Phi) is 3.49. The molecule has 2 heteroatoms. The fraction of sp³-hybridized carbons (Fsp3) is 0.400. The molecular formula is C20H24BCl. The largest absolute Gasteiger partial charge is 0.316 e. The Bertz CT molecular complexity index is 669. The predicted molar refractivity (Wildman–Crippen MR) is 100 cm³/mol. The lowest BCUT2D eigenvalue weighted by Gasteiger charge is -2.20. The number of rotatable bonds is 0. The summed E-state index contributed by atoms with van der Waals surface area (Å²) in [4.78, 5) is 0. The molecule has 0 N–H and O–H groups in total. The van der Waals surface area contributed by atoms with Crippen LogP contribution in [0.15, 0.2) is 36.4 Å². The van der Waals surface area contributed by atoms with Gasteiger partial charge >= 0.3 is 6.13 Å². The predicted octanol–water partition coefficient (Wildman–Crippen LogP) is 4.61. The third-order valence-electron chi connectivity index (χ3n) is 4.67. The molecule has 0 aliphatic carbocycles. The maximum atomic E-state index is 6.82. The number of hydrogen-bond donors (Lipinski definition) is 0. The van der Waals surface area contributed by atoms with E-state index >= 15 is 0 Å². The van der Waals surface area contributed by atoms with E-state index in [1.54, 1.807) is 0 Å². The van der Waals surface area contributed by atoms with Gasteiger partial charge in [-0.25, -0.2) is 0 Å². The van der Waals surface area contributed by atoms with Crippen molar-refractivity contribution < 1.29 is 0 Å². The quantitative estimate of drug-likeness (QED) is 0.624. The lowest BCUT2D eigenvalue weighted by atomic mass is 9.64. The Hall–Kier alpha value is -1.21. The molecule has 1 heterocycles. The van der Waals surface area contributed by atoms with Crippen LogP contribution in [0.5, 0.6) is 0 Å². The van der Waals surface area contributed by atoms with Gasteiger partial charge in [0, 0.05) is 0 Å². The third kappa shape index (κ3) is 2.50. The molecule has 114 valence electrons. The van der Waals surface area contributed by atoms with Crippen molar-refractivity contribution in [2.45, 2.75) is 52.4 Å². The molecular weight excluding hydrogens is 286 g/mol. The summed E-state index contributed by atoms with van der Waals surface area (Å²) in [5.74, 6) is 0. The fourth-order valence-corrected chi connectivity index (χ4v) is 3.50. The molecule has 1 aliphatic heterocycles. The first kappa shape index (κ1) is 15.7. The molecule has 0 fully saturated rings. The van der Waals surface area contributed by atoms with Crippen molar-refractivity contribution in [1.82, 2.24) is 0 Å². The fourth-order valence-electron chi connectivity index (χ4n) is 3.14. The second-order valence-electron chi connectivity index (χ2n) is 8.47. The van der Waals surface area contributed by atoms with Gasteiger partial charge in [-0.3, -0.25) is 0 Å². The molecule has 2 aromatic rings. The van der Waals surface area contributed by atoms with Gasteiger partial charge in [-0.15, -0.1) is 0 Å². The first-order chi connectivity index (χ1) is 10.1. The highest BCUT2D eigenvalue weighted by molar-refractivity contribution is 7.23. The maximum Gasteiger partial charge on any atom is 0.316 e. The van der Waals surface area contributed by atoms with Crippen LogP contribution in [-0.2, 0) is 10.8 Å². The van der Waals surface area contributed by atoms with Gasteiger partial charge in [0.25, 0.3) is 0 Å². The summed E-state index contributed by atoms with van der Waals surface area (Å²) >= 11 is 6.82. The minimum absolute atomic E-state index is 0.0328. The minimum Gasteiger partial charge on any atom is -0.182 e. The molecule has 0 aromatic heterocycles. The zero-order valence-corrected chi connectivity index (χ0v) is 15.2. The monoisotopic (exact) mass is 310 g/mol. The lowest BCUT2D eigenvalue weighted by molar-refractivity contribution is 0.590. The Labute approximate surface area is 139 Å². The maximum absolute atomic E-state index is 6.82. The van der Waals surface area contributed by atoms with Crippen LogP contribution in [0.25, 0.3) is 11.1 Å². The standard InChI is InChI=1S/C20H24BCl/c1-19(2,3)13-7-9-15-16-10-8-14(20(4,5)6)12-18(16)21(22)17(15)11-13/h7-12H,1-6H3. The first-order valence-corrected chi connectivity index (χ1v) is 8.46. The molecule has 0 unspecified atom stereocenters. The Morgan fingerprint density at radius 1 is 0.682 bits per heavy atom. The molecule has 0 amide bonds. The molecule has 0 saturated carbocycles. The van der Waals surface area contributed by atoms with Gasteiger partial charge in [0.05, 0.1) is 0 Å². The normalized spacial score (nSPS) is 14.0. The summed E-state index contributed by atoms with van der Waals surface area (Å²) in [5.41, 5.74) is 8.10. The molecule has 0 radical (unpaired) electrons. The van der Waals surface area contributed by atoms with Crippen molar-refractivity contribution in [3.05, 3.63) is 47.5 Å². The lowest BCUT2D eigenvalue weighted by Crippen LogP contribution is -2.33. The smallest absolute Gasteiger partial charge is 0.182 e. The van der Waals surface area contributed by atoms with Gasteiger partial charge < -0.3 is 0 Å². The van der Waals surface area contributed by atoms with E-state index in [0.717, 1.165) is 0 Å². The van der Waals surface area contributed by atoms with E-state index < -0.39 is 0 Å². The summed E-state index contributed by atoms with van der Waals surface area (Å²) in [5, 5.41) is 0. The Morgan fingerprint density at radius 2 is 1.05 bits per heavy atom. The van der Waals surface area contributed by atoms with Crippen LogP contribution in [0.1, 0.15) is 52.7 Å². The number of fused-ring (bicyclic) bond motifs is 3.